The summed E-state index contributed by atoms with van der Waals surface area (Å²) in [6, 6.07) is 4.52. The molecule has 2 unspecified atom stereocenters. The number of hydrogen-bond acceptors (Lipinski definition) is 3. The minimum Gasteiger partial charge on any atom is -0.335 e. The number of carbonyl (C=O) groups is 1. The molecule has 0 bridgehead atoms. The van der Waals surface area contributed by atoms with Crippen molar-refractivity contribution in [1.82, 2.24) is 4.90 Å². The van der Waals surface area contributed by atoms with Gasteiger partial charge in [-0.25, -0.2) is 0 Å². The van der Waals surface area contributed by atoms with E-state index in [1.165, 1.54) is 4.88 Å². The van der Waals surface area contributed by atoms with Gasteiger partial charge in [-0.05, 0) is 36.8 Å². The number of amides is 1. The van der Waals surface area contributed by atoms with Crippen LogP contribution in [0, 0.1) is 5.92 Å². The number of likely N-dealkylation sites (tertiary alicyclic amines) is 1. The van der Waals surface area contributed by atoms with Gasteiger partial charge < -0.3 is 10.6 Å². The van der Waals surface area contributed by atoms with Crippen molar-refractivity contribution in [1.29, 1.82) is 0 Å². The molecule has 1 saturated heterocycles. The van der Waals surface area contributed by atoms with Gasteiger partial charge in [0.05, 0.1) is 6.04 Å². The molecule has 18 heavy (non-hydrogen) atoms. The van der Waals surface area contributed by atoms with Gasteiger partial charge in [-0.3, -0.25) is 4.79 Å². The number of carbonyl (C=O) groups excluding carboxylic acids is 1. The van der Waals surface area contributed by atoms with Crippen LogP contribution in [0.2, 0.25) is 0 Å². The zero-order chi connectivity index (χ0) is 13.0. The Labute approximate surface area is 113 Å². The van der Waals surface area contributed by atoms with Crippen LogP contribution in [0.25, 0.3) is 0 Å². The fourth-order valence-electron chi connectivity index (χ4n) is 2.60. The minimum atomic E-state index is 0.281. The Morgan fingerprint density at radius 2 is 2.50 bits per heavy atom. The standard InChI is InChI=1S/C14H22N2OS/c1-2-11(10-15)9-14(17)16-7-3-5-12(16)13-6-4-8-18-13/h4,6,8,11-12H,2-3,5,7,9-10,15H2,1H3. The van der Waals surface area contributed by atoms with Crippen LogP contribution < -0.4 is 5.73 Å². The van der Waals surface area contributed by atoms with E-state index in [0.717, 1.165) is 25.8 Å². The van der Waals surface area contributed by atoms with Crippen LogP contribution in [-0.4, -0.2) is 23.9 Å². The van der Waals surface area contributed by atoms with Crippen molar-refractivity contribution in [3.05, 3.63) is 22.4 Å². The Kier molecular flexibility index (Phi) is 4.78. The number of thiophene rings is 1. The fourth-order valence-corrected chi connectivity index (χ4v) is 3.47. The topological polar surface area (TPSA) is 46.3 Å². The number of nitrogens with two attached hydrogens (primary N) is 1. The largest absolute Gasteiger partial charge is 0.335 e. The molecule has 2 heterocycles. The second-order valence-electron chi connectivity index (χ2n) is 4.97. The highest BCUT2D eigenvalue weighted by molar-refractivity contribution is 7.10. The molecule has 2 rings (SSSR count). The normalized spacial score (nSPS) is 21.2. The van der Waals surface area contributed by atoms with Gasteiger partial charge in [0, 0.05) is 17.8 Å². The van der Waals surface area contributed by atoms with E-state index < -0.39 is 0 Å². The molecule has 4 heteroatoms. The fraction of sp³-hybridized carbons (Fsp3) is 0.643. The van der Waals surface area contributed by atoms with Gasteiger partial charge >= 0.3 is 0 Å². The van der Waals surface area contributed by atoms with E-state index >= 15 is 0 Å². The van der Waals surface area contributed by atoms with E-state index in [4.69, 9.17) is 5.73 Å². The van der Waals surface area contributed by atoms with E-state index in [1.54, 1.807) is 11.3 Å². The quantitative estimate of drug-likeness (QED) is 0.890. The summed E-state index contributed by atoms with van der Waals surface area (Å²) in [6.45, 7) is 3.62. The maximum atomic E-state index is 12.4. The van der Waals surface area contributed by atoms with E-state index in [-0.39, 0.29) is 5.91 Å². The Hall–Kier alpha value is -0.870. The molecule has 0 radical (unpaired) electrons. The van der Waals surface area contributed by atoms with E-state index in [9.17, 15) is 4.79 Å². The third-order valence-corrected chi connectivity index (χ3v) is 4.79. The van der Waals surface area contributed by atoms with Crippen molar-refractivity contribution >= 4 is 17.2 Å². The molecular formula is C14H22N2OS. The van der Waals surface area contributed by atoms with Crippen LogP contribution in [-0.2, 0) is 4.79 Å². The van der Waals surface area contributed by atoms with Gasteiger partial charge in [-0.2, -0.15) is 0 Å². The summed E-state index contributed by atoms with van der Waals surface area (Å²) in [6.07, 6.45) is 3.81. The molecule has 0 spiro atoms. The third-order valence-electron chi connectivity index (χ3n) is 3.82. The molecule has 0 saturated carbocycles. The molecule has 1 aromatic heterocycles. The summed E-state index contributed by atoms with van der Waals surface area (Å²) >= 11 is 1.75. The Morgan fingerprint density at radius 3 is 3.11 bits per heavy atom. The SMILES string of the molecule is CCC(CN)CC(=O)N1CCCC1c1cccs1. The molecule has 0 aliphatic carbocycles. The van der Waals surface area contributed by atoms with Crippen molar-refractivity contribution in [2.24, 2.45) is 11.7 Å². The van der Waals surface area contributed by atoms with Gasteiger partial charge in [-0.15, -0.1) is 11.3 Å². The summed E-state index contributed by atoms with van der Waals surface area (Å²) in [5.74, 6) is 0.616. The maximum Gasteiger partial charge on any atom is 0.223 e. The highest BCUT2D eigenvalue weighted by Crippen LogP contribution is 2.35. The zero-order valence-electron chi connectivity index (χ0n) is 11.0. The molecule has 2 N–H and O–H groups in total. The minimum absolute atomic E-state index is 0.281. The van der Waals surface area contributed by atoms with Crippen molar-refractivity contribution in [2.45, 2.75) is 38.6 Å². The lowest BCUT2D eigenvalue weighted by Crippen LogP contribution is -2.32. The van der Waals surface area contributed by atoms with Gasteiger partial charge in [0.1, 0.15) is 0 Å². The highest BCUT2D eigenvalue weighted by atomic mass is 32.1. The average molecular weight is 266 g/mol. The summed E-state index contributed by atoms with van der Waals surface area (Å²) in [4.78, 5) is 15.7. The van der Waals surface area contributed by atoms with Gasteiger partial charge in [0.15, 0.2) is 0 Å². The predicted molar refractivity (Wildman–Crippen MR) is 75.5 cm³/mol. The molecule has 1 amide bonds. The predicted octanol–water partition coefficient (Wildman–Crippen LogP) is 2.79. The number of rotatable bonds is 5. The second kappa shape index (κ2) is 6.34. The molecule has 1 fully saturated rings. The van der Waals surface area contributed by atoms with Crippen LogP contribution in [0.5, 0.6) is 0 Å². The third kappa shape index (κ3) is 2.93. The first kappa shape index (κ1) is 13.6. The van der Waals surface area contributed by atoms with Crippen molar-refractivity contribution in [2.75, 3.05) is 13.1 Å². The van der Waals surface area contributed by atoms with E-state index in [0.29, 0.717) is 24.9 Å². The van der Waals surface area contributed by atoms with Crippen molar-refractivity contribution < 1.29 is 4.79 Å². The van der Waals surface area contributed by atoms with Gasteiger partial charge in [0.2, 0.25) is 5.91 Å². The molecule has 3 nitrogen and oxygen atoms in total. The summed E-state index contributed by atoms with van der Waals surface area (Å²) in [5.41, 5.74) is 5.69. The lowest BCUT2D eigenvalue weighted by atomic mass is 10.0. The first-order valence-corrected chi connectivity index (χ1v) is 7.67. The van der Waals surface area contributed by atoms with Crippen LogP contribution in [0.15, 0.2) is 17.5 Å². The lowest BCUT2D eigenvalue weighted by Gasteiger charge is -2.25. The number of hydrogen-bond donors (Lipinski definition) is 1. The smallest absolute Gasteiger partial charge is 0.223 e. The van der Waals surface area contributed by atoms with Gasteiger partial charge in [-0.1, -0.05) is 19.4 Å². The second-order valence-corrected chi connectivity index (χ2v) is 5.95. The van der Waals surface area contributed by atoms with Crippen molar-refractivity contribution in [3.8, 4) is 0 Å². The Morgan fingerprint density at radius 1 is 1.67 bits per heavy atom. The maximum absolute atomic E-state index is 12.4. The zero-order valence-corrected chi connectivity index (χ0v) is 11.8. The first-order chi connectivity index (χ1) is 8.76. The summed E-state index contributed by atoms with van der Waals surface area (Å²) < 4.78 is 0. The van der Waals surface area contributed by atoms with Gasteiger partial charge in [0.25, 0.3) is 0 Å². The Bertz CT molecular complexity index is 373. The van der Waals surface area contributed by atoms with E-state index in [1.807, 2.05) is 0 Å². The van der Waals surface area contributed by atoms with Crippen LogP contribution in [0.4, 0.5) is 0 Å². The molecule has 1 aromatic rings. The number of nitrogens with zero attached hydrogens (tertiary/aromatic N) is 1. The highest BCUT2D eigenvalue weighted by Gasteiger charge is 2.30. The molecule has 1 aliphatic heterocycles. The molecule has 2 atom stereocenters. The molecule has 100 valence electrons. The monoisotopic (exact) mass is 266 g/mol. The van der Waals surface area contributed by atoms with Crippen molar-refractivity contribution in [3.63, 3.8) is 0 Å². The first-order valence-electron chi connectivity index (χ1n) is 6.79. The Balaban J connectivity index is 2.01. The van der Waals surface area contributed by atoms with Crippen LogP contribution in [0.1, 0.15) is 43.5 Å². The lowest BCUT2D eigenvalue weighted by molar-refractivity contribution is -0.133. The van der Waals surface area contributed by atoms with Crippen LogP contribution >= 0.6 is 11.3 Å². The molecular weight excluding hydrogens is 244 g/mol. The average Bonchev–Trinajstić information content (AvgIpc) is 3.04. The molecule has 1 aliphatic rings. The molecule has 0 aromatic carbocycles. The summed E-state index contributed by atoms with van der Waals surface area (Å²) in [5, 5.41) is 2.09. The van der Waals surface area contributed by atoms with E-state index in [2.05, 4.69) is 29.3 Å². The van der Waals surface area contributed by atoms with Crippen LogP contribution in [0.3, 0.4) is 0 Å². The summed E-state index contributed by atoms with van der Waals surface area (Å²) in [7, 11) is 0.